The Kier molecular flexibility index (Phi) is 5.67. The molecule has 1 heterocycles. The lowest BCUT2D eigenvalue weighted by Crippen LogP contribution is -2.45. The van der Waals surface area contributed by atoms with Crippen molar-refractivity contribution in [2.45, 2.75) is 32.9 Å². The highest BCUT2D eigenvalue weighted by Gasteiger charge is 2.44. The summed E-state index contributed by atoms with van der Waals surface area (Å²) in [5.74, 6) is -0.919. The number of benzene rings is 3. The van der Waals surface area contributed by atoms with Crippen molar-refractivity contribution in [1.29, 1.82) is 0 Å². The Hall–Kier alpha value is -3.73. The first-order chi connectivity index (χ1) is 15.0. The molecule has 1 atom stereocenters. The predicted octanol–water partition coefficient (Wildman–Crippen LogP) is 4.28. The number of amides is 3. The minimum atomic E-state index is -0.846. The molecule has 1 aliphatic rings. The quantitative estimate of drug-likeness (QED) is 0.588. The molecule has 5 nitrogen and oxygen atoms in total. The van der Waals surface area contributed by atoms with E-state index in [0.717, 1.165) is 16.7 Å². The van der Waals surface area contributed by atoms with E-state index in [4.69, 9.17) is 0 Å². The standard InChI is InChI=1S/C26H24N2O3/c1-18-12-14-20(15-13-18)17-27(25(30)22-11-7-6-8-19(22)2)23-16-24(29)28(26(23)31)21-9-4-3-5-10-21/h3-15,23H,16-17H2,1-2H3. The lowest BCUT2D eigenvalue weighted by molar-refractivity contribution is -0.122. The maximum Gasteiger partial charge on any atom is 0.257 e. The van der Waals surface area contributed by atoms with Gasteiger partial charge in [0.1, 0.15) is 6.04 Å². The van der Waals surface area contributed by atoms with Gasteiger partial charge in [-0.15, -0.1) is 0 Å². The highest BCUT2D eigenvalue weighted by Crippen LogP contribution is 2.28. The van der Waals surface area contributed by atoms with Crippen molar-refractivity contribution in [2.24, 2.45) is 0 Å². The van der Waals surface area contributed by atoms with E-state index in [2.05, 4.69) is 0 Å². The Balaban J connectivity index is 1.71. The van der Waals surface area contributed by atoms with E-state index < -0.39 is 6.04 Å². The normalized spacial score (nSPS) is 15.9. The van der Waals surface area contributed by atoms with E-state index in [9.17, 15) is 14.4 Å². The molecule has 156 valence electrons. The third kappa shape index (κ3) is 4.12. The van der Waals surface area contributed by atoms with E-state index >= 15 is 0 Å². The SMILES string of the molecule is Cc1ccc(CN(C(=O)c2ccccc2C)C2CC(=O)N(c3ccccc3)C2=O)cc1. The fourth-order valence-electron chi connectivity index (χ4n) is 3.89. The van der Waals surface area contributed by atoms with E-state index in [1.165, 1.54) is 9.80 Å². The first-order valence-corrected chi connectivity index (χ1v) is 10.3. The van der Waals surface area contributed by atoms with Gasteiger partial charge in [0.2, 0.25) is 5.91 Å². The highest BCUT2D eigenvalue weighted by molar-refractivity contribution is 6.23. The van der Waals surface area contributed by atoms with Gasteiger partial charge in [0.15, 0.2) is 0 Å². The topological polar surface area (TPSA) is 57.7 Å². The second kappa shape index (κ2) is 8.56. The molecule has 0 spiro atoms. The average molecular weight is 412 g/mol. The number of imide groups is 1. The van der Waals surface area contributed by atoms with Crippen molar-refractivity contribution in [1.82, 2.24) is 4.90 Å². The summed E-state index contributed by atoms with van der Waals surface area (Å²) in [6.07, 6.45) is -0.0305. The summed E-state index contributed by atoms with van der Waals surface area (Å²) in [7, 11) is 0. The van der Waals surface area contributed by atoms with Crippen LogP contribution in [0.1, 0.15) is 33.5 Å². The predicted molar refractivity (Wildman–Crippen MR) is 120 cm³/mol. The van der Waals surface area contributed by atoms with Crippen LogP contribution in [0.15, 0.2) is 78.9 Å². The minimum Gasteiger partial charge on any atom is -0.322 e. The number of hydrogen-bond acceptors (Lipinski definition) is 3. The zero-order valence-electron chi connectivity index (χ0n) is 17.6. The van der Waals surface area contributed by atoms with E-state index in [1.807, 2.05) is 62.4 Å². The Labute approximate surface area is 181 Å². The van der Waals surface area contributed by atoms with Crippen LogP contribution in [-0.2, 0) is 16.1 Å². The third-order valence-electron chi connectivity index (χ3n) is 5.62. The van der Waals surface area contributed by atoms with Crippen LogP contribution in [0.5, 0.6) is 0 Å². The molecule has 3 amide bonds. The van der Waals surface area contributed by atoms with Crippen molar-refractivity contribution in [3.05, 3.63) is 101 Å². The molecule has 1 aliphatic heterocycles. The fourth-order valence-corrected chi connectivity index (χ4v) is 3.89. The molecule has 5 heteroatoms. The van der Waals surface area contributed by atoms with Crippen LogP contribution in [0.4, 0.5) is 5.69 Å². The van der Waals surface area contributed by atoms with Gasteiger partial charge >= 0.3 is 0 Å². The molecule has 0 N–H and O–H groups in total. The summed E-state index contributed by atoms with van der Waals surface area (Å²) in [5.41, 5.74) is 3.92. The van der Waals surface area contributed by atoms with Crippen LogP contribution in [-0.4, -0.2) is 28.7 Å². The summed E-state index contributed by atoms with van der Waals surface area (Å²) in [6, 6.07) is 23.2. The van der Waals surface area contributed by atoms with Crippen molar-refractivity contribution < 1.29 is 14.4 Å². The van der Waals surface area contributed by atoms with Crippen LogP contribution in [0.3, 0.4) is 0 Å². The molecule has 1 unspecified atom stereocenters. The highest BCUT2D eigenvalue weighted by atomic mass is 16.2. The first-order valence-electron chi connectivity index (χ1n) is 10.3. The summed E-state index contributed by atoms with van der Waals surface area (Å²) >= 11 is 0. The number of anilines is 1. The average Bonchev–Trinajstić information content (AvgIpc) is 3.07. The molecule has 0 aliphatic carbocycles. The summed E-state index contributed by atoms with van der Waals surface area (Å²) in [5, 5.41) is 0. The summed E-state index contributed by atoms with van der Waals surface area (Å²) < 4.78 is 0. The summed E-state index contributed by atoms with van der Waals surface area (Å²) in [6.45, 7) is 4.12. The van der Waals surface area contributed by atoms with Gasteiger partial charge in [0, 0.05) is 12.1 Å². The van der Waals surface area contributed by atoms with Gasteiger partial charge in [-0.25, -0.2) is 4.90 Å². The number of carbonyl (C=O) groups excluding carboxylic acids is 3. The van der Waals surface area contributed by atoms with Crippen molar-refractivity contribution >= 4 is 23.4 Å². The van der Waals surface area contributed by atoms with Crippen LogP contribution in [0.25, 0.3) is 0 Å². The van der Waals surface area contributed by atoms with Crippen LogP contribution in [0, 0.1) is 13.8 Å². The largest absolute Gasteiger partial charge is 0.322 e. The van der Waals surface area contributed by atoms with Gasteiger partial charge < -0.3 is 4.90 Å². The molecule has 0 radical (unpaired) electrons. The number of aryl methyl sites for hydroxylation is 2. The number of para-hydroxylation sites is 1. The maximum atomic E-state index is 13.6. The Bertz CT molecular complexity index is 1120. The monoisotopic (exact) mass is 412 g/mol. The fraction of sp³-hybridized carbons (Fsp3) is 0.192. The Morgan fingerprint density at radius 1 is 0.903 bits per heavy atom. The third-order valence-corrected chi connectivity index (χ3v) is 5.62. The molecular formula is C26H24N2O3. The molecule has 0 saturated carbocycles. The van der Waals surface area contributed by atoms with Gasteiger partial charge in [-0.2, -0.15) is 0 Å². The second-order valence-electron chi connectivity index (χ2n) is 7.86. The molecule has 1 saturated heterocycles. The molecule has 1 fully saturated rings. The van der Waals surface area contributed by atoms with Crippen LogP contribution < -0.4 is 4.90 Å². The zero-order chi connectivity index (χ0) is 22.0. The van der Waals surface area contributed by atoms with Gasteiger partial charge in [0.05, 0.1) is 12.1 Å². The molecular weight excluding hydrogens is 388 g/mol. The smallest absolute Gasteiger partial charge is 0.257 e. The molecule has 0 aromatic heterocycles. The van der Waals surface area contributed by atoms with Gasteiger partial charge in [-0.05, 0) is 43.2 Å². The second-order valence-corrected chi connectivity index (χ2v) is 7.86. The number of rotatable bonds is 5. The van der Waals surface area contributed by atoms with Gasteiger partial charge in [-0.3, -0.25) is 14.4 Å². The van der Waals surface area contributed by atoms with Crippen molar-refractivity contribution in [3.63, 3.8) is 0 Å². The minimum absolute atomic E-state index is 0.0305. The maximum absolute atomic E-state index is 13.6. The van der Waals surface area contributed by atoms with Crippen LogP contribution >= 0.6 is 0 Å². The first kappa shape index (κ1) is 20.5. The Morgan fingerprint density at radius 2 is 1.55 bits per heavy atom. The Morgan fingerprint density at radius 3 is 2.23 bits per heavy atom. The molecule has 3 aromatic rings. The number of carbonyl (C=O) groups is 3. The van der Waals surface area contributed by atoms with E-state index in [0.29, 0.717) is 11.3 Å². The lowest BCUT2D eigenvalue weighted by atomic mass is 10.0. The number of nitrogens with zero attached hydrogens (tertiary/aromatic N) is 2. The molecule has 3 aromatic carbocycles. The van der Waals surface area contributed by atoms with Crippen molar-refractivity contribution in [3.8, 4) is 0 Å². The van der Waals surface area contributed by atoms with Gasteiger partial charge in [-0.1, -0.05) is 66.2 Å². The summed E-state index contributed by atoms with van der Waals surface area (Å²) in [4.78, 5) is 42.4. The van der Waals surface area contributed by atoms with Crippen molar-refractivity contribution in [2.75, 3.05) is 4.90 Å². The zero-order valence-corrected chi connectivity index (χ0v) is 17.6. The lowest BCUT2D eigenvalue weighted by Gasteiger charge is -2.28. The number of hydrogen-bond donors (Lipinski definition) is 0. The molecule has 4 rings (SSSR count). The molecule has 0 bridgehead atoms. The van der Waals surface area contributed by atoms with E-state index in [-0.39, 0.29) is 30.7 Å². The molecule has 31 heavy (non-hydrogen) atoms. The van der Waals surface area contributed by atoms with E-state index in [1.54, 1.807) is 30.3 Å². The van der Waals surface area contributed by atoms with Crippen LogP contribution in [0.2, 0.25) is 0 Å². The van der Waals surface area contributed by atoms with Gasteiger partial charge in [0.25, 0.3) is 11.8 Å².